The van der Waals surface area contributed by atoms with Crippen LogP contribution in [-0.2, 0) is 16.1 Å². The van der Waals surface area contributed by atoms with E-state index < -0.39 is 18.4 Å². The fraction of sp³-hybridized carbons (Fsp3) is 0.350. The van der Waals surface area contributed by atoms with Crippen LogP contribution in [0, 0.1) is 0 Å². The SMILES string of the molecule is CCOC(=O)C(NCc1ccc(OC(F)(F)F)cc1)c1c(OC)cccc1OC. The highest BCUT2D eigenvalue weighted by atomic mass is 19.4. The molecular formula is C20H22F3NO5. The maximum absolute atomic E-state index is 12.6. The minimum absolute atomic E-state index is 0.178. The highest BCUT2D eigenvalue weighted by Crippen LogP contribution is 2.35. The van der Waals surface area contributed by atoms with Crippen LogP contribution in [0.15, 0.2) is 42.5 Å². The van der Waals surface area contributed by atoms with Crippen molar-refractivity contribution in [1.29, 1.82) is 0 Å². The van der Waals surface area contributed by atoms with Crippen LogP contribution >= 0.6 is 0 Å². The second kappa shape index (κ2) is 10.0. The molecule has 1 unspecified atom stereocenters. The molecule has 2 aromatic rings. The van der Waals surface area contributed by atoms with Crippen LogP contribution < -0.4 is 19.5 Å². The molecule has 0 aliphatic carbocycles. The molecular weight excluding hydrogens is 391 g/mol. The second-order valence-corrected chi connectivity index (χ2v) is 5.83. The summed E-state index contributed by atoms with van der Waals surface area (Å²) in [5.41, 5.74) is 1.11. The van der Waals surface area contributed by atoms with E-state index >= 15 is 0 Å². The lowest BCUT2D eigenvalue weighted by Gasteiger charge is -2.22. The summed E-state index contributed by atoms with van der Waals surface area (Å²) in [6.45, 7) is 2.04. The third kappa shape index (κ3) is 6.28. The first kappa shape index (κ1) is 22.4. The molecule has 0 saturated carbocycles. The summed E-state index contributed by atoms with van der Waals surface area (Å²) in [5.74, 6) is 0.00886. The van der Waals surface area contributed by atoms with Gasteiger partial charge in [0.15, 0.2) is 0 Å². The molecule has 6 nitrogen and oxygen atoms in total. The van der Waals surface area contributed by atoms with E-state index in [9.17, 15) is 18.0 Å². The number of hydrogen-bond acceptors (Lipinski definition) is 6. The number of ether oxygens (including phenoxy) is 4. The summed E-state index contributed by atoms with van der Waals surface area (Å²) in [6.07, 6.45) is -4.75. The molecule has 0 fully saturated rings. The number of rotatable bonds is 9. The van der Waals surface area contributed by atoms with E-state index in [1.165, 1.54) is 38.5 Å². The fourth-order valence-corrected chi connectivity index (χ4v) is 2.72. The van der Waals surface area contributed by atoms with Gasteiger partial charge in [-0.15, -0.1) is 13.2 Å². The van der Waals surface area contributed by atoms with E-state index in [1.54, 1.807) is 25.1 Å². The Labute approximate surface area is 166 Å². The molecule has 9 heteroatoms. The monoisotopic (exact) mass is 413 g/mol. The minimum Gasteiger partial charge on any atom is -0.496 e. The van der Waals surface area contributed by atoms with Crippen LogP contribution in [0.3, 0.4) is 0 Å². The third-order valence-corrected chi connectivity index (χ3v) is 3.94. The Kier molecular flexibility index (Phi) is 7.72. The molecule has 0 heterocycles. The van der Waals surface area contributed by atoms with Gasteiger partial charge in [-0.25, -0.2) is 4.79 Å². The van der Waals surface area contributed by atoms with Gasteiger partial charge in [0.05, 0.1) is 26.4 Å². The zero-order chi connectivity index (χ0) is 21.4. The average molecular weight is 413 g/mol. The Hall–Kier alpha value is -2.94. The maximum atomic E-state index is 12.6. The molecule has 0 aliphatic rings. The number of carbonyl (C=O) groups is 1. The Balaban J connectivity index is 2.24. The van der Waals surface area contributed by atoms with Crippen LogP contribution in [0.5, 0.6) is 17.2 Å². The smallest absolute Gasteiger partial charge is 0.496 e. The Bertz CT molecular complexity index is 787. The second-order valence-electron chi connectivity index (χ2n) is 5.83. The number of carbonyl (C=O) groups excluding carboxylic acids is 1. The van der Waals surface area contributed by atoms with E-state index in [-0.39, 0.29) is 18.9 Å². The molecule has 0 aliphatic heterocycles. The number of nitrogens with one attached hydrogen (secondary N) is 1. The molecule has 2 rings (SSSR count). The predicted molar refractivity (Wildman–Crippen MR) is 98.9 cm³/mol. The van der Waals surface area contributed by atoms with Crippen molar-refractivity contribution in [2.75, 3.05) is 20.8 Å². The highest BCUT2D eigenvalue weighted by Gasteiger charge is 2.31. The summed E-state index contributed by atoms with van der Waals surface area (Å²) < 4.78 is 56.6. The van der Waals surface area contributed by atoms with E-state index in [1.807, 2.05) is 0 Å². The maximum Gasteiger partial charge on any atom is 0.573 e. The van der Waals surface area contributed by atoms with Gasteiger partial charge < -0.3 is 18.9 Å². The standard InChI is InChI=1S/C20H22F3NO5/c1-4-28-19(25)18(17-15(26-2)6-5-7-16(17)27-3)24-12-13-8-10-14(11-9-13)29-20(21,22)23/h5-11,18,24H,4,12H2,1-3H3. The van der Waals surface area contributed by atoms with Crippen molar-refractivity contribution in [2.24, 2.45) is 0 Å². The van der Waals surface area contributed by atoms with Crippen molar-refractivity contribution in [2.45, 2.75) is 25.9 Å². The van der Waals surface area contributed by atoms with Crippen molar-refractivity contribution in [3.8, 4) is 17.2 Å². The Morgan fingerprint density at radius 1 is 1.03 bits per heavy atom. The van der Waals surface area contributed by atoms with Gasteiger partial charge in [-0.05, 0) is 36.8 Å². The first-order valence-electron chi connectivity index (χ1n) is 8.74. The van der Waals surface area contributed by atoms with Crippen molar-refractivity contribution >= 4 is 5.97 Å². The number of halogens is 3. The molecule has 29 heavy (non-hydrogen) atoms. The number of esters is 1. The van der Waals surface area contributed by atoms with Crippen molar-refractivity contribution in [3.05, 3.63) is 53.6 Å². The topological polar surface area (TPSA) is 66.0 Å². The number of methoxy groups -OCH3 is 2. The van der Waals surface area contributed by atoms with E-state index in [2.05, 4.69) is 10.1 Å². The molecule has 0 amide bonds. The molecule has 0 spiro atoms. The highest BCUT2D eigenvalue weighted by molar-refractivity contribution is 5.80. The zero-order valence-corrected chi connectivity index (χ0v) is 16.2. The van der Waals surface area contributed by atoms with Gasteiger partial charge in [-0.3, -0.25) is 5.32 Å². The lowest BCUT2D eigenvalue weighted by Crippen LogP contribution is -2.30. The van der Waals surface area contributed by atoms with E-state index in [4.69, 9.17) is 14.2 Å². The van der Waals surface area contributed by atoms with Crippen LogP contribution in [-0.4, -0.2) is 33.2 Å². The number of benzene rings is 2. The van der Waals surface area contributed by atoms with Crippen LogP contribution in [0.2, 0.25) is 0 Å². The number of alkyl halides is 3. The minimum atomic E-state index is -4.75. The first-order chi connectivity index (χ1) is 13.8. The van der Waals surface area contributed by atoms with Crippen molar-refractivity contribution in [1.82, 2.24) is 5.32 Å². The molecule has 2 aromatic carbocycles. The quantitative estimate of drug-likeness (QED) is 0.627. The average Bonchev–Trinajstić information content (AvgIpc) is 2.68. The van der Waals surface area contributed by atoms with Gasteiger partial charge in [0, 0.05) is 6.54 Å². The van der Waals surface area contributed by atoms with Crippen molar-refractivity contribution in [3.63, 3.8) is 0 Å². The van der Waals surface area contributed by atoms with Crippen LogP contribution in [0.4, 0.5) is 13.2 Å². The fourth-order valence-electron chi connectivity index (χ4n) is 2.72. The Morgan fingerprint density at radius 3 is 2.10 bits per heavy atom. The van der Waals surface area contributed by atoms with Crippen molar-refractivity contribution < 1.29 is 36.9 Å². The van der Waals surface area contributed by atoms with E-state index in [0.717, 1.165) is 0 Å². The lowest BCUT2D eigenvalue weighted by atomic mass is 10.0. The number of hydrogen-bond donors (Lipinski definition) is 1. The zero-order valence-electron chi connectivity index (χ0n) is 16.2. The normalized spacial score (nSPS) is 12.2. The van der Waals surface area contributed by atoms with E-state index in [0.29, 0.717) is 22.6 Å². The molecule has 0 bridgehead atoms. The third-order valence-electron chi connectivity index (χ3n) is 3.94. The van der Waals surface area contributed by atoms with Gasteiger partial charge in [-0.1, -0.05) is 18.2 Å². The first-order valence-corrected chi connectivity index (χ1v) is 8.74. The van der Waals surface area contributed by atoms with Gasteiger partial charge in [-0.2, -0.15) is 0 Å². The molecule has 1 atom stereocenters. The lowest BCUT2D eigenvalue weighted by molar-refractivity contribution is -0.274. The van der Waals surface area contributed by atoms with Gasteiger partial charge in [0.1, 0.15) is 23.3 Å². The summed E-state index contributed by atoms with van der Waals surface area (Å²) in [4.78, 5) is 12.6. The molecule has 1 N–H and O–H groups in total. The largest absolute Gasteiger partial charge is 0.573 e. The Morgan fingerprint density at radius 2 is 1.62 bits per heavy atom. The molecule has 0 saturated heterocycles. The predicted octanol–water partition coefficient (Wildman–Crippen LogP) is 4.00. The van der Waals surface area contributed by atoms with Gasteiger partial charge in [0.25, 0.3) is 0 Å². The molecule has 0 radical (unpaired) electrons. The summed E-state index contributed by atoms with van der Waals surface area (Å²) in [7, 11) is 2.94. The van der Waals surface area contributed by atoms with Gasteiger partial charge in [0.2, 0.25) is 0 Å². The molecule has 0 aromatic heterocycles. The van der Waals surface area contributed by atoms with Crippen LogP contribution in [0.1, 0.15) is 24.1 Å². The summed E-state index contributed by atoms with van der Waals surface area (Å²) in [6, 6.07) is 9.53. The van der Waals surface area contributed by atoms with Crippen LogP contribution in [0.25, 0.3) is 0 Å². The molecule has 158 valence electrons. The van der Waals surface area contributed by atoms with Gasteiger partial charge >= 0.3 is 12.3 Å². The summed E-state index contributed by atoms with van der Waals surface area (Å²) in [5, 5.41) is 3.06. The summed E-state index contributed by atoms with van der Waals surface area (Å²) >= 11 is 0.